The van der Waals surface area contributed by atoms with Gasteiger partial charge in [-0.05, 0) is 45.0 Å². The molecule has 0 N–H and O–H groups in total. The van der Waals surface area contributed by atoms with Crippen LogP contribution in [0.3, 0.4) is 0 Å². The molecule has 150 valence electrons. The first-order chi connectivity index (χ1) is 13.3. The fourth-order valence-corrected chi connectivity index (χ4v) is 3.54. The lowest BCUT2D eigenvalue weighted by molar-refractivity contribution is -0.139. The molecule has 1 aromatic carbocycles. The summed E-state index contributed by atoms with van der Waals surface area (Å²) in [5.74, 6) is 0.496. The Morgan fingerprint density at radius 1 is 1.29 bits per heavy atom. The molecule has 0 unspecified atom stereocenters. The zero-order valence-electron chi connectivity index (χ0n) is 16.6. The van der Waals surface area contributed by atoms with Crippen LogP contribution in [0.25, 0.3) is 0 Å². The van der Waals surface area contributed by atoms with Crippen LogP contribution in [0.1, 0.15) is 35.6 Å². The van der Waals surface area contributed by atoms with Crippen molar-refractivity contribution in [3.05, 3.63) is 41.2 Å². The summed E-state index contributed by atoms with van der Waals surface area (Å²) in [5, 5.41) is 4.38. The van der Waals surface area contributed by atoms with Gasteiger partial charge in [-0.25, -0.2) is 0 Å². The van der Waals surface area contributed by atoms with Crippen molar-refractivity contribution in [3.8, 4) is 11.5 Å². The highest BCUT2D eigenvalue weighted by Crippen LogP contribution is 2.33. The van der Waals surface area contributed by atoms with Crippen LogP contribution >= 0.6 is 0 Å². The van der Waals surface area contributed by atoms with Crippen molar-refractivity contribution in [1.29, 1.82) is 0 Å². The molecule has 0 bridgehead atoms. The lowest BCUT2D eigenvalue weighted by atomic mass is 10.1. The van der Waals surface area contributed by atoms with E-state index in [0.717, 1.165) is 11.4 Å². The second kappa shape index (κ2) is 7.10. The fraction of sp³-hybridized carbons (Fsp3) is 0.500. The first-order valence-electron chi connectivity index (χ1n) is 9.31. The van der Waals surface area contributed by atoms with Crippen molar-refractivity contribution in [1.82, 2.24) is 14.7 Å². The number of aryl methyl sites for hydroxylation is 2. The standard InChI is InChI=1S/C20H25N3O5/c1-13-7-15(22(4)21-13)9-23(10-16-11-27-20(2,3)28-16)19(24)14-5-6-17-18(8-14)26-12-25-17/h5-8,16H,9-12H2,1-4H3/t16-/m1/s1. The summed E-state index contributed by atoms with van der Waals surface area (Å²) in [6.07, 6.45) is -0.192. The Balaban J connectivity index is 1.58. The Morgan fingerprint density at radius 2 is 2.07 bits per heavy atom. The average molecular weight is 387 g/mol. The maximum absolute atomic E-state index is 13.3. The van der Waals surface area contributed by atoms with E-state index in [2.05, 4.69) is 5.10 Å². The predicted octanol–water partition coefficient (Wildman–Crippen LogP) is 2.25. The molecule has 1 aromatic heterocycles. The quantitative estimate of drug-likeness (QED) is 0.783. The van der Waals surface area contributed by atoms with Crippen LogP contribution in [0.5, 0.6) is 11.5 Å². The Labute approximate surface area is 163 Å². The number of hydrogen-bond donors (Lipinski definition) is 0. The van der Waals surface area contributed by atoms with Gasteiger partial charge in [0.2, 0.25) is 6.79 Å². The summed E-state index contributed by atoms with van der Waals surface area (Å²) >= 11 is 0. The third-order valence-electron chi connectivity index (χ3n) is 4.85. The molecule has 1 atom stereocenters. The van der Waals surface area contributed by atoms with Gasteiger partial charge in [-0.15, -0.1) is 0 Å². The second-order valence-electron chi connectivity index (χ2n) is 7.61. The minimum Gasteiger partial charge on any atom is -0.454 e. The summed E-state index contributed by atoms with van der Waals surface area (Å²) in [4.78, 5) is 15.1. The van der Waals surface area contributed by atoms with E-state index in [-0.39, 0.29) is 18.8 Å². The minimum atomic E-state index is -0.638. The number of benzene rings is 1. The number of rotatable bonds is 5. The van der Waals surface area contributed by atoms with Crippen molar-refractivity contribution in [3.63, 3.8) is 0 Å². The van der Waals surface area contributed by atoms with Gasteiger partial charge in [0.05, 0.1) is 31.1 Å². The normalized spacial score (nSPS) is 19.8. The molecule has 2 aliphatic heterocycles. The monoisotopic (exact) mass is 387 g/mol. The first kappa shape index (κ1) is 18.8. The highest BCUT2D eigenvalue weighted by molar-refractivity contribution is 5.95. The SMILES string of the molecule is Cc1cc(CN(C[C@@H]2COC(C)(C)O2)C(=O)c2ccc3c(c2)OCO3)n(C)n1. The number of ether oxygens (including phenoxy) is 4. The van der Waals surface area contributed by atoms with Gasteiger partial charge in [-0.2, -0.15) is 5.10 Å². The molecule has 8 heteroatoms. The molecule has 1 amide bonds. The van der Waals surface area contributed by atoms with Crippen LogP contribution in [-0.2, 0) is 23.1 Å². The Morgan fingerprint density at radius 3 is 2.75 bits per heavy atom. The topological polar surface area (TPSA) is 75.1 Å². The molecular formula is C20H25N3O5. The molecule has 8 nitrogen and oxygen atoms in total. The summed E-state index contributed by atoms with van der Waals surface area (Å²) in [7, 11) is 1.88. The molecule has 3 heterocycles. The van der Waals surface area contributed by atoms with Crippen molar-refractivity contribution < 1.29 is 23.7 Å². The molecule has 4 rings (SSSR count). The Kier molecular flexibility index (Phi) is 4.76. The second-order valence-corrected chi connectivity index (χ2v) is 7.61. The van der Waals surface area contributed by atoms with Crippen molar-refractivity contribution >= 4 is 5.91 Å². The predicted molar refractivity (Wildman–Crippen MR) is 100 cm³/mol. The molecular weight excluding hydrogens is 362 g/mol. The van der Waals surface area contributed by atoms with Gasteiger partial charge >= 0.3 is 0 Å². The van der Waals surface area contributed by atoms with E-state index >= 15 is 0 Å². The number of hydrogen-bond acceptors (Lipinski definition) is 6. The number of amides is 1. The number of carbonyl (C=O) groups excluding carboxylic acids is 1. The number of carbonyl (C=O) groups is 1. The Bertz CT molecular complexity index is 892. The van der Waals surface area contributed by atoms with Crippen LogP contribution in [0.15, 0.2) is 24.3 Å². The summed E-state index contributed by atoms with van der Waals surface area (Å²) in [5.41, 5.74) is 2.40. The maximum atomic E-state index is 13.3. The van der Waals surface area contributed by atoms with Crippen molar-refractivity contribution in [2.75, 3.05) is 19.9 Å². The van der Waals surface area contributed by atoms with E-state index in [1.807, 2.05) is 33.9 Å². The third-order valence-corrected chi connectivity index (χ3v) is 4.85. The zero-order chi connectivity index (χ0) is 19.9. The van der Waals surface area contributed by atoms with Crippen LogP contribution in [0.4, 0.5) is 0 Å². The largest absolute Gasteiger partial charge is 0.454 e. The van der Waals surface area contributed by atoms with Crippen molar-refractivity contribution in [2.45, 2.75) is 39.2 Å². The van der Waals surface area contributed by atoms with E-state index in [9.17, 15) is 4.79 Å². The van der Waals surface area contributed by atoms with Gasteiger partial charge < -0.3 is 23.8 Å². The molecule has 2 aromatic rings. The van der Waals surface area contributed by atoms with E-state index < -0.39 is 5.79 Å². The molecule has 0 saturated carbocycles. The number of fused-ring (bicyclic) bond motifs is 1. The van der Waals surface area contributed by atoms with E-state index in [1.54, 1.807) is 27.8 Å². The lowest BCUT2D eigenvalue weighted by Crippen LogP contribution is -2.39. The number of aromatic nitrogens is 2. The van der Waals surface area contributed by atoms with Gasteiger partial charge in [0.1, 0.15) is 6.10 Å². The third kappa shape index (κ3) is 3.83. The average Bonchev–Trinajstić information content (AvgIpc) is 3.32. The zero-order valence-corrected chi connectivity index (χ0v) is 16.6. The molecule has 0 radical (unpaired) electrons. The number of nitrogens with zero attached hydrogens (tertiary/aromatic N) is 3. The van der Waals surface area contributed by atoms with Crippen molar-refractivity contribution in [2.24, 2.45) is 7.05 Å². The lowest BCUT2D eigenvalue weighted by Gasteiger charge is -2.26. The summed E-state index contributed by atoms with van der Waals surface area (Å²) in [6.45, 7) is 7.15. The van der Waals surface area contributed by atoms with Gasteiger partial charge in [0.15, 0.2) is 17.3 Å². The molecule has 1 fully saturated rings. The van der Waals surface area contributed by atoms with Gasteiger partial charge in [-0.3, -0.25) is 9.48 Å². The summed E-state index contributed by atoms with van der Waals surface area (Å²) < 4.78 is 24.2. The van der Waals surface area contributed by atoms with Crippen LogP contribution in [0.2, 0.25) is 0 Å². The molecule has 0 spiro atoms. The maximum Gasteiger partial charge on any atom is 0.254 e. The van der Waals surface area contributed by atoms with Crippen LogP contribution < -0.4 is 9.47 Å². The minimum absolute atomic E-state index is 0.106. The van der Waals surface area contributed by atoms with E-state index in [0.29, 0.717) is 36.8 Å². The van der Waals surface area contributed by atoms with E-state index in [1.165, 1.54) is 0 Å². The molecule has 2 aliphatic rings. The smallest absolute Gasteiger partial charge is 0.254 e. The van der Waals surface area contributed by atoms with Gasteiger partial charge in [-0.1, -0.05) is 0 Å². The first-order valence-corrected chi connectivity index (χ1v) is 9.31. The van der Waals surface area contributed by atoms with Gasteiger partial charge in [0, 0.05) is 12.6 Å². The molecule has 1 saturated heterocycles. The fourth-order valence-electron chi connectivity index (χ4n) is 3.54. The summed E-state index contributed by atoms with van der Waals surface area (Å²) in [6, 6.07) is 7.23. The highest BCUT2D eigenvalue weighted by Gasteiger charge is 2.35. The van der Waals surface area contributed by atoms with Crippen LogP contribution in [-0.4, -0.2) is 52.4 Å². The van der Waals surface area contributed by atoms with Gasteiger partial charge in [0.25, 0.3) is 5.91 Å². The Hall–Kier alpha value is -2.58. The van der Waals surface area contributed by atoms with E-state index in [4.69, 9.17) is 18.9 Å². The molecule has 28 heavy (non-hydrogen) atoms. The van der Waals surface area contributed by atoms with Crippen LogP contribution in [0, 0.1) is 6.92 Å². The molecule has 0 aliphatic carbocycles. The highest BCUT2D eigenvalue weighted by atomic mass is 16.7.